The summed E-state index contributed by atoms with van der Waals surface area (Å²) in [5.74, 6) is -0.460. The highest BCUT2D eigenvalue weighted by Gasteiger charge is 2.33. The van der Waals surface area contributed by atoms with E-state index in [1.54, 1.807) is 12.1 Å². The topological polar surface area (TPSA) is 69.6 Å². The zero-order valence-electron chi connectivity index (χ0n) is 12.7. The first-order chi connectivity index (χ1) is 9.77. The number of urea groups is 1. The number of amides is 2. The highest BCUT2D eigenvalue weighted by Crippen LogP contribution is 2.33. The molecular weight excluding hydrogens is 268 g/mol. The van der Waals surface area contributed by atoms with Gasteiger partial charge in [0, 0.05) is 18.8 Å². The van der Waals surface area contributed by atoms with Gasteiger partial charge < -0.3 is 15.3 Å². The molecule has 1 aromatic rings. The number of anilines is 1. The van der Waals surface area contributed by atoms with Crippen LogP contribution in [0, 0.1) is 11.3 Å². The molecule has 0 saturated carbocycles. The molecule has 1 atom stereocenters. The average molecular weight is 290 g/mol. The fourth-order valence-corrected chi connectivity index (χ4v) is 2.55. The average Bonchev–Trinajstić information content (AvgIpc) is 2.88. The minimum absolute atomic E-state index is 0.121. The number of carboxylic acids is 1. The summed E-state index contributed by atoms with van der Waals surface area (Å²) in [4.78, 5) is 24.8. The molecule has 5 nitrogen and oxygen atoms in total. The predicted molar refractivity (Wildman–Crippen MR) is 81.6 cm³/mol. The molecule has 0 bridgehead atoms. The molecule has 0 spiro atoms. The van der Waals surface area contributed by atoms with E-state index in [1.165, 1.54) is 12.1 Å². The standard InChI is InChI=1S/C16H22N2O3/c1-16(2,3)12-8-9-18(10-12)15(21)17-13-6-4-11(5-7-13)14(19)20/h4-7,12H,8-10H2,1-3H3,(H,17,21)(H,19,20). The van der Waals surface area contributed by atoms with E-state index in [4.69, 9.17) is 5.11 Å². The van der Waals surface area contributed by atoms with E-state index in [9.17, 15) is 9.59 Å². The van der Waals surface area contributed by atoms with Crippen molar-refractivity contribution in [1.29, 1.82) is 0 Å². The molecule has 2 rings (SSSR count). The number of nitrogens with one attached hydrogen (secondary N) is 1. The quantitative estimate of drug-likeness (QED) is 0.878. The van der Waals surface area contributed by atoms with Crippen molar-refractivity contribution < 1.29 is 14.7 Å². The fourth-order valence-electron chi connectivity index (χ4n) is 2.55. The second-order valence-electron chi connectivity index (χ2n) is 6.61. The van der Waals surface area contributed by atoms with Crippen LogP contribution < -0.4 is 5.32 Å². The molecule has 1 unspecified atom stereocenters. The normalized spacial score (nSPS) is 18.6. The largest absolute Gasteiger partial charge is 0.478 e. The molecule has 2 N–H and O–H groups in total. The van der Waals surface area contributed by atoms with E-state index < -0.39 is 5.97 Å². The first-order valence-electron chi connectivity index (χ1n) is 7.16. The summed E-state index contributed by atoms with van der Waals surface area (Å²) in [5.41, 5.74) is 1.03. The van der Waals surface area contributed by atoms with Gasteiger partial charge in [-0.15, -0.1) is 0 Å². The van der Waals surface area contributed by atoms with Crippen LogP contribution in [-0.4, -0.2) is 35.1 Å². The van der Waals surface area contributed by atoms with Gasteiger partial charge in [0.15, 0.2) is 0 Å². The maximum atomic E-state index is 12.2. The Morgan fingerprint density at radius 3 is 2.33 bits per heavy atom. The summed E-state index contributed by atoms with van der Waals surface area (Å²) in [6.07, 6.45) is 1.02. The van der Waals surface area contributed by atoms with E-state index in [1.807, 2.05) is 4.90 Å². The first kappa shape index (κ1) is 15.4. The highest BCUT2D eigenvalue weighted by atomic mass is 16.4. The van der Waals surface area contributed by atoms with Gasteiger partial charge in [-0.3, -0.25) is 0 Å². The SMILES string of the molecule is CC(C)(C)C1CCN(C(=O)Nc2ccc(C(=O)O)cc2)C1. The number of carboxylic acid groups (broad SMARTS) is 1. The Hall–Kier alpha value is -2.04. The predicted octanol–water partition coefficient (Wildman–Crippen LogP) is 3.28. The van der Waals surface area contributed by atoms with Gasteiger partial charge in [0.1, 0.15) is 0 Å². The zero-order chi connectivity index (χ0) is 15.6. The molecule has 0 aromatic heterocycles. The maximum absolute atomic E-state index is 12.2. The lowest BCUT2D eigenvalue weighted by molar-refractivity contribution is 0.0697. The molecule has 1 fully saturated rings. The first-order valence-corrected chi connectivity index (χ1v) is 7.16. The molecule has 1 aliphatic rings. The number of rotatable bonds is 2. The van der Waals surface area contributed by atoms with Crippen LogP contribution in [0.15, 0.2) is 24.3 Å². The van der Waals surface area contributed by atoms with Crippen LogP contribution in [-0.2, 0) is 0 Å². The zero-order valence-corrected chi connectivity index (χ0v) is 12.7. The van der Waals surface area contributed by atoms with Gasteiger partial charge in [0.2, 0.25) is 0 Å². The van der Waals surface area contributed by atoms with Crippen molar-refractivity contribution in [2.75, 3.05) is 18.4 Å². The van der Waals surface area contributed by atoms with Crippen LogP contribution in [0.2, 0.25) is 0 Å². The lowest BCUT2D eigenvalue weighted by atomic mass is 9.80. The Balaban J connectivity index is 1.95. The third-order valence-electron chi connectivity index (χ3n) is 4.08. The Bertz CT molecular complexity index is 531. The fraction of sp³-hybridized carbons (Fsp3) is 0.500. The molecule has 1 heterocycles. The molecule has 21 heavy (non-hydrogen) atoms. The Morgan fingerprint density at radius 2 is 1.86 bits per heavy atom. The Kier molecular flexibility index (Phi) is 4.21. The third kappa shape index (κ3) is 3.74. The van der Waals surface area contributed by atoms with Gasteiger partial charge >= 0.3 is 12.0 Å². The Morgan fingerprint density at radius 1 is 1.24 bits per heavy atom. The monoisotopic (exact) mass is 290 g/mol. The van der Waals surface area contributed by atoms with Gasteiger partial charge in [-0.1, -0.05) is 20.8 Å². The van der Waals surface area contributed by atoms with Gasteiger partial charge in [-0.2, -0.15) is 0 Å². The summed E-state index contributed by atoms with van der Waals surface area (Å²) < 4.78 is 0. The van der Waals surface area contributed by atoms with Crippen molar-refractivity contribution in [3.8, 4) is 0 Å². The van der Waals surface area contributed by atoms with Crippen molar-refractivity contribution in [1.82, 2.24) is 4.90 Å². The van der Waals surface area contributed by atoms with E-state index >= 15 is 0 Å². The lowest BCUT2D eigenvalue weighted by Gasteiger charge is -2.27. The number of carbonyl (C=O) groups is 2. The van der Waals surface area contributed by atoms with Crippen LogP contribution in [0.4, 0.5) is 10.5 Å². The minimum Gasteiger partial charge on any atom is -0.478 e. The summed E-state index contributed by atoms with van der Waals surface area (Å²) >= 11 is 0. The molecule has 0 aliphatic carbocycles. The summed E-state index contributed by atoms with van der Waals surface area (Å²) in [7, 11) is 0. The van der Waals surface area contributed by atoms with Gasteiger partial charge in [0.05, 0.1) is 5.56 Å². The van der Waals surface area contributed by atoms with Crippen molar-refractivity contribution in [3.63, 3.8) is 0 Å². The van der Waals surface area contributed by atoms with Crippen molar-refractivity contribution in [2.24, 2.45) is 11.3 Å². The highest BCUT2D eigenvalue weighted by molar-refractivity contribution is 5.91. The molecule has 114 valence electrons. The molecule has 1 saturated heterocycles. The van der Waals surface area contributed by atoms with Crippen molar-refractivity contribution in [3.05, 3.63) is 29.8 Å². The molecular formula is C16H22N2O3. The van der Waals surface area contributed by atoms with Crippen LogP contribution >= 0.6 is 0 Å². The number of aromatic carboxylic acids is 1. The lowest BCUT2D eigenvalue weighted by Crippen LogP contribution is -2.34. The number of carbonyl (C=O) groups excluding carboxylic acids is 1. The third-order valence-corrected chi connectivity index (χ3v) is 4.08. The number of likely N-dealkylation sites (tertiary alicyclic amines) is 1. The van der Waals surface area contributed by atoms with E-state index in [-0.39, 0.29) is 17.0 Å². The summed E-state index contributed by atoms with van der Waals surface area (Å²) in [6, 6.07) is 6.07. The smallest absolute Gasteiger partial charge is 0.335 e. The molecule has 1 aromatic carbocycles. The molecule has 5 heteroatoms. The van der Waals surface area contributed by atoms with Crippen LogP contribution in [0.3, 0.4) is 0 Å². The van der Waals surface area contributed by atoms with E-state index in [2.05, 4.69) is 26.1 Å². The van der Waals surface area contributed by atoms with E-state index in [0.29, 0.717) is 11.6 Å². The summed E-state index contributed by atoms with van der Waals surface area (Å²) in [6.45, 7) is 8.13. The second kappa shape index (κ2) is 5.76. The number of nitrogens with zero attached hydrogens (tertiary/aromatic N) is 1. The number of hydrogen-bond acceptors (Lipinski definition) is 2. The van der Waals surface area contributed by atoms with Crippen molar-refractivity contribution >= 4 is 17.7 Å². The van der Waals surface area contributed by atoms with Crippen molar-refractivity contribution in [2.45, 2.75) is 27.2 Å². The van der Waals surface area contributed by atoms with Gasteiger partial charge in [-0.25, -0.2) is 9.59 Å². The number of benzene rings is 1. The Labute approximate surface area is 125 Å². The van der Waals surface area contributed by atoms with Gasteiger partial charge in [-0.05, 0) is 42.0 Å². The van der Waals surface area contributed by atoms with Gasteiger partial charge in [0.25, 0.3) is 0 Å². The molecule has 2 amide bonds. The maximum Gasteiger partial charge on any atom is 0.335 e. The molecule has 1 aliphatic heterocycles. The second-order valence-corrected chi connectivity index (χ2v) is 6.61. The number of hydrogen-bond donors (Lipinski definition) is 2. The van der Waals surface area contributed by atoms with E-state index in [0.717, 1.165) is 19.5 Å². The minimum atomic E-state index is -0.972. The van der Waals surface area contributed by atoms with Crippen LogP contribution in [0.1, 0.15) is 37.6 Å². The van der Waals surface area contributed by atoms with Crippen LogP contribution in [0.5, 0.6) is 0 Å². The van der Waals surface area contributed by atoms with Crippen LogP contribution in [0.25, 0.3) is 0 Å². The molecule has 0 radical (unpaired) electrons. The summed E-state index contributed by atoms with van der Waals surface area (Å²) in [5, 5.41) is 11.7.